The molecule has 2 aromatic rings. The zero-order chi connectivity index (χ0) is 22.1. The first kappa shape index (κ1) is 21.1. The van der Waals surface area contributed by atoms with Gasteiger partial charge in [-0.25, -0.2) is 9.37 Å². The summed E-state index contributed by atoms with van der Waals surface area (Å²) >= 11 is 1.49. The molecule has 0 N–H and O–H groups in total. The number of rotatable bonds is 6. The Kier molecular flexibility index (Phi) is 5.97. The number of aromatic nitrogens is 2. The smallest absolute Gasteiger partial charge is 0.148 e. The Morgan fingerprint density at radius 2 is 1.94 bits per heavy atom. The van der Waals surface area contributed by atoms with Crippen molar-refractivity contribution in [3.63, 3.8) is 0 Å². The second-order valence-electron chi connectivity index (χ2n) is 8.34. The maximum atomic E-state index is 13.6. The normalized spacial score (nSPS) is 21.0. The fourth-order valence-electron chi connectivity index (χ4n) is 4.12. The Bertz CT molecular complexity index is 1080. The minimum absolute atomic E-state index is 0.196. The van der Waals surface area contributed by atoms with E-state index >= 15 is 0 Å². The van der Waals surface area contributed by atoms with Gasteiger partial charge in [-0.05, 0) is 18.1 Å². The molecule has 0 radical (unpaired) electrons. The van der Waals surface area contributed by atoms with Crippen molar-refractivity contribution in [2.24, 2.45) is 5.92 Å². The lowest BCUT2D eigenvalue weighted by molar-refractivity contribution is -0.0196. The first-order chi connectivity index (χ1) is 15.7. The zero-order valence-corrected chi connectivity index (χ0v) is 18.3. The number of thioether (sulfide) groups is 1. The summed E-state index contributed by atoms with van der Waals surface area (Å²) in [6, 6.07) is 8.33. The van der Waals surface area contributed by atoms with Gasteiger partial charge in [0.1, 0.15) is 34.7 Å². The van der Waals surface area contributed by atoms with Crippen molar-refractivity contribution >= 4 is 17.6 Å². The molecule has 9 heteroatoms. The summed E-state index contributed by atoms with van der Waals surface area (Å²) in [5.41, 5.74) is 2.73. The Hall–Kier alpha value is -2.72. The molecular formula is C23H22FN5O2S. The molecule has 1 atom stereocenters. The van der Waals surface area contributed by atoms with Gasteiger partial charge in [-0.2, -0.15) is 10.5 Å². The van der Waals surface area contributed by atoms with E-state index in [0.717, 1.165) is 24.3 Å². The van der Waals surface area contributed by atoms with E-state index in [0.29, 0.717) is 59.3 Å². The maximum absolute atomic E-state index is 13.6. The molecule has 0 spiro atoms. The fourth-order valence-corrected chi connectivity index (χ4v) is 5.15. The highest BCUT2D eigenvalue weighted by atomic mass is 32.2. The first-order valence-electron chi connectivity index (χ1n) is 10.7. The summed E-state index contributed by atoms with van der Waals surface area (Å²) in [7, 11) is 0. The molecule has 0 bridgehead atoms. The minimum Gasteiger partial charge on any atom is -0.381 e. The standard InChI is InChI=1S/C23H22FN5O2S/c24-17-8-29(9-17)22-18(5-25)21(19(6-26)23(28-22)32-13-14-10-31-11-14)20-2-1-15(7-27-20)16-3-4-30-12-16/h1-2,7,14,16-17H,3-4,8-13H2/t16-/m1/s1. The Labute approximate surface area is 190 Å². The van der Waals surface area contributed by atoms with Crippen LogP contribution in [0.15, 0.2) is 23.4 Å². The van der Waals surface area contributed by atoms with Crippen LogP contribution in [0.2, 0.25) is 0 Å². The van der Waals surface area contributed by atoms with Crippen LogP contribution >= 0.6 is 11.8 Å². The van der Waals surface area contributed by atoms with Crippen LogP contribution in [-0.2, 0) is 9.47 Å². The van der Waals surface area contributed by atoms with Gasteiger partial charge in [0.15, 0.2) is 0 Å². The number of alkyl halides is 1. The van der Waals surface area contributed by atoms with Crippen LogP contribution < -0.4 is 4.90 Å². The molecule has 2 aromatic heterocycles. The van der Waals surface area contributed by atoms with Gasteiger partial charge in [-0.1, -0.05) is 6.07 Å². The lowest BCUT2D eigenvalue weighted by atomic mass is 9.96. The van der Waals surface area contributed by atoms with Crippen LogP contribution in [0.3, 0.4) is 0 Å². The van der Waals surface area contributed by atoms with Crippen molar-refractivity contribution in [1.82, 2.24) is 9.97 Å². The van der Waals surface area contributed by atoms with E-state index in [4.69, 9.17) is 9.47 Å². The van der Waals surface area contributed by atoms with E-state index in [1.165, 1.54) is 11.8 Å². The van der Waals surface area contributed by atoms with Crippen molar-refractivity contribution in [2.45, 2.75) is 23.5 Å². The van der Waals surface area contributed by atoms with Gasteiger partial charge in [0.05, 0.1) is 44.2 Å². The SMILES string of the molecule is N#Cc1c(SCC2COC2)nc(N2CC(F)C2)c(C#N)c1-c1ccc([C@@H]2CCOC2)cn1. The molecule has 0 unspecified atom stereocenters. The molecule has 0 aromatic carbocycles. The summed E-state index contributed by atoms with van der Waals surface area (Å²) < 4.78 is 24.3. The quantitative estimate of drug-likeness (QED) is 0.618. The van der Waals surface area contributed by atoms with Crippen LogP contribution in [0, 0.1) is 28.6 Å². The first-order valence-corrected chi connectivity index (χ1v) is 11.7. The van der Waals surface area contributed by atoms with Crippen molar-refractivity contribution < 1.29 is 13.9 Å². The summed E-state index contributed by atoms with van der Waals surface area (Å²) in [5, 5.41) is 20.6. The van der Waals surface area contributed by atoms with Crippen molar-refractivity contribution in [3.8, 4) is 23.4 Å². The molecule has 3 saturated heterocycles. The van der Waals surface area contributed by atoms with Crippen LogP contribution in [0.4, 0.5) is 10.2 Å². The number of hydrogen-bond acceptors (Lipinski definition) is 8. The van der Waals surface area contributed by atoms with E-state index < -0.39 is 6.17 Å². The average molecular weight is 452 g/mol. The number of nitrogens with zero attached hydrogens (tertiary/aromatic N) is 5. The third kappa shape index (κ3) is 3.93. The Morgan fingerprint density at radius 3 is 2.50 bits per heavy atom. The monoisotopic (exact) mass is 451 g/mol. The number of anilines is 1. The lowest BCUT2D eigenvalue weighted by Crippen LogP contribution is -2.49. The molecule has 7 nitrogen and oxygen atoms in total. The van der Waals surface area contributed by atoms with Gasteiger partial charge in [-0.3, -0.25) is 4.98 Å². The largest absolute Gasteiger partial charge is 0.381 e. The zero-order valence-electron chi connectivity index (χ0n) is 17.5. The third-order valence-electron chi connectivity index (χ3n) is 6.11. The van der Waals surface area contributed by atoms with Crippen molar-refractivity contribution in [1.29, 1.82) is 10.5 Å². The van der Waals surface area contributed by atoms with E-state index in [2.05, 4.69) is 22.1 Å². The highest BCUT2D eigenvalue weighted by Gasteiger charge is 2.33. The molecule has 0 saturated carbocycles. The van der Waals surface area contributed by atoms with Crippen molar-refractivity contribution in [2.75, 3.05) is 50.2 Å². The maximum Gasteiger partial charge on any atom is 0.148 e. The van der Waals surface area contributed by atoms with Gasteiger partial charge in [0.2, 0.25) is 0 Å². The summed E-state index contributed by atoms with van der Waals surface area (Å²) in [6.07, 6.45) is 1.83. The molecule has 5 heterocycles. The number of nitriles is 2. The topological polar surface area (TPSA) is 95.1 Å². The number of halogens is 1. The summed E-state index contributed by atoms with van der Waals surface area (Å²) in [5.74, 6) is 1.93. The lowest BCUT2D eigenvalue weighted by Gasteiger charge is -2.36. The molecule has 3 aliphatic heterocycles. The Morgan fingerprint density at radius 1 is 1.12 bits per heavy atom. The minimum atomic E-state index is -0.934. The third-order valence-corrected chi connectivity index (χ3v) is 7.32. The second kappa shape index (κ2) is 9.03. The van der Waals surface area contributed by atoms with E-state index in [9.17, 15) is 14.9 Å². The predicted molar refractivity (Wildman–Crippen MR) is 117 cm³/mol. The van der Waals surface area contributed by atoms with Crippen LogP contribution in [0.1, 0.15) is 29.0 Å². The summed E-state index contributed by atoms with van der Waals surface area (Å²) in [4.78, 5) is 11.0. The van der Waals surface area contributed by atoms with E-state index in [1.807, 2.05) is 12.1 Å². The van der Waals surface area contributed by atoms with E-state index in [-0.39, 0.29) is 18.7 Å². The molecule has 3 fully saturated rings. The molecule has 3 aliphatic rings. The molecule has 5 rings (SSSR count). The molecule has 0 amide bonds. The van der Waals surface area contributed by atoms with Crippen LogP contribution in [0.5, 0.6) is 0 Å². The average Bonchev–Trinajstić information content (AvgIpc) is 3.30. The summed E-state index contributed by atoms with van der Waals surface area (Å²) in [6.45, 7) is 3.22. The van der Waals surface area contributed by atoms with Crippen molar-refractivity contribution in [3.05, 3.63) is 35.0 Å². The van der Waals surface area contributed by atoms with Gasteiger partial charge in [0.25, 0.3) is 0 Å². The molecule has 32 heavy (non-hydrogen) atoms. The predicted octanol–water partition coefficient (Wildman–Crippen LogP) is 3.29. The van der Waals surface area contributed by atoms with Gasteiger partial charge in [0, 0.05) is 36.0 Å². The number of pyridine rings is 2. The fraction of sp³-hybridized carbons (Fsp3) is 0.478. The Balaban J connectivity index is 1.57. The number of ether oxygens (including phenoxy) is 2. The highest BCUT2D eigenvalue weighted by Crippen LogP contribution is 2.39. The van der Waals surface area contributed by atoms with Gasteiger partial charge >= 0.3 is 0 Å². The van der Waals surface area contributed by atoms with Gasteiger partial charge in [-0.15, -0.1) is 11.8 Å². The molecule has 164 valence electrons. The molecular weight excluding hydrogens is 429 g/mol. The highest BCUT2D eigenvalue weighted by molar-refractivity contribution is 7.99. The van der Waals surface area contributed by atoms with Crippen LogP contribution in [-0.4, -0.2) is 61.4 Å². The number of hydrogen-bond donors (Lipinski definition) is 0. The van der Waals surface area contributed by atoms with Gasteiger partial charge < -0.3 is 14.4 Å². The second-order valence-corrected chi connectivity index (χ2v) is 9.35. The van der Waals surface area contributed by atoms with E-state index in [1.54, 1.807) is 11.1 Å². The molecule has 0 aliphatic carbocycles. The van der Waals surface area contributed by atoms with Crippen LogP contribution in [0.25, 0.3) is 11.3 Å².